The van der Waals surface area contributed by atoms with Gasteiger partial charge in [0.05, 0.1) is 11.8 Å². The number of anilines is 1. The van der Waals surface area contributed by atoms with Gasteiger partial charge in [-0.15, -0.1) is 0 Å². The lowest BCUT2D eigenvalue weighted by Crippen LogP contribution is -2.43. The summed E-state index contributed by atoms with van der Waals surface area (Å²) in [7, 11) is 0. The number of rotatable bonds is 12. The molecule has 2 amide bonds. The van der Waals surface area contributed by atoms with Crippen molar-refractivity contribution in [1.29, 1.82) is 0 Å². The Morgan fingerprint density at radius 1 is 1.03 bits per heavy atom. The highest BCUT2D eigenvalue weighted by Gasteiger charge is 2.21. The number of nitrogens with one attached hydrogen (secondary N) is 3. The summed E-state index contributed by atoms with van der Waals surface area (Å²) in [5.74, 6) is -0.160. The first-order valence-electron chi connectivity index (χ1n) is 12.5. The summed E-state index contributed by atoms with van der Waals surface area (Å²) in [6, 6.07) is 18.4. The summed E-state index contributed by atoms with van der Waals surface area (Å²) in [6.45, 7) is 9.10. The Morgan fingerprint density at radius 3 is 2.43 bits per heavy atom. The molecule has 0 bridgehead atoms. The van der Waals surface area contributed by atoms with Crippen LogP contribution in [0, 0.1) is 13.8 Å². The molecule has 3 aromatic carbocycles. The van der Waals surface area contributed by atoms with Crippen molar-refractivity contribution in [2.75, 3.05) is 18.4 Å². The predicted molar refractivity (Wildman–Crippen MR) is 147 cm³/mol. The molecule has 0 heterocycles. The van der Waals surface area contributed by atoms with Gasteiger partial charge in [-0.05, 0) is 92.6 Å². The Morgan fingerprint density at radius 2 is 1.73 bits per heavy atom. The SMILES string of the molecule is Cc1cccc(C)c1CCNC(=O)c1cccc(CC(C)(C)NC[C@@H](O)c2ccc(O)c(NC=O)c2)c1. The van der Waals surface area contributed by atoms with E-state index in [-0.39, 0.29) is 29.4 Å². The molecule has 0 aliphatic heterocycles. The summed E-state index contributed by atoms with van der Waals surface area (Å²) < 4.78 is 0. The average Bonchev–Trinajstić information content (AvgIpc) is 2.85. The molecule has 0 unspecified atom stereocenters. The summed E-state index contributed by atoms with van der Waals surface area (Å²) in [6.07, 6.45) is 1.08. The van der Waals surface area contributed by atoms with Crippen molar-refractivity contribution in [3.8, 4) is 5.75 Å². The van der Waals surface area contributed by atoms with Crippen LogP contribution in [0.3, 0.4) is 0 Å². The van der Waals surface area contributed by atoms with Crippen molar-refractivity contribution in [3.05, 3.63) is 94.0 Å². The van der Waals surface area contributed by atoms with E-state index >= 15 is 0 Å². The number of carbonyl (C=O) groups excluding carboxylic acids is 2. The number of hydrogen-bond acceptors (Lipinski definition) is 5. The van der Waals surface area contributed by atoms with E-state index in [1.54, 1.807) is 12.1 Å². The van der Waals surface area contributed by atoms with Gasteiger partial charge in [-0.3, -0.25) is 9.59 Å². The topological polar surface area (TPSA) is 111 Å². The highest BCUT2D eigenvalue weighted by Crippen LogP contribution is 2.27. The molecule has 0 saturated heterocycles. The zero-order valence-corrected chi connectivity index (χ0v) is 22.0. The normalized spacial score (nSPS) is 12.1. The second kappa shape index (κ2) is 12.5. The van der Waals surface area contributed by atoms with E-state index in [1.165, 1.54) is 22.8 Å². The van der Waals surface area contributed by atoms with E-state index in [2.05, 4.69) is 41.9 Å². The molecule has 1 atom stereocenters. The maximum absolute atomic E-state index is 12.8. The van der Waals surface area contributed by atoms with Crippen LogP contribution >= 0.6 is 0 Å². The summed E-state index contributed by atoms with van der Waals surface area (Å²) in [5.41, 5.74) is 5.83. The van der Waals surface area contributed by atoms with Crippen molar-refractivity contribution in [2.45, 2.75) is 52.2 Å². The smallest absolute Gasteiger partial charge is 0.251 e. The standard InChI is InChI=1S/C30H37N3O4/c1-20-7-5-8-21(2)25(20)13-14-31-29(37)24-10-6-9-22(15-24)17-30(3,4)33-18-28(36)23-11-12-27(35)26(16-23)32-19-34/h5-12,15-16,19,28,33,35-36H,13-14,17-18H2,1-4H3,(H,31,37)(H,32,34)/t28-/m1/s1. The van der Waals surface area contributed by atoms with Gasteiger partial charge in [-0.25, -0.2) is 0 Å². The number of aliphatic hydroxyl groups excluding tert-OH is 1. The van der Waals surface area contributed by atoms with E-state index in [1.807, 2.05) is 44.2 Å². The third-order valence-corrected chi connectivity index (χ3v) is 6.53. The number of β-amino-alcohol motifs (C(OH)–C–C–N with tert-alkyl or cyclic N) is 1. The Bertz CT molecular complexity index is 1220. The van der Waals surface area contributed by atoms with Crippen LogP contribution in [0.5, 0.6) is 5.75 Å². The minimum absolute atomic E-state index is 0.0643. The summed E-state index contributed by atoms with van der Waals surface area (Å²) in [5, 5.41) is 29.3. The molecule has 196 valence electrons. The fraction of sp³-hybridized carbons (Fsp3) is 0.333. The third-order valence-electron chi connectivity index (χ3n) is 6.53. The first-order chi connectivity index (χ1) is 17.6. The summed E-state index contributed by atoms with van der Waals surface area (Å²) >= 11 is 0. The van der Waals surface area contributed by atoms with Gasteiger partial charge in [0.15, 0.2) is 0 Å². The van der Waals surface area contributed by atoms with E-state index in [0.717, 1.165) is 12.0 Å². The Kier molecular flexibility index (Phi) is 9.44. The van der Waals surface area contributed by atoms with Gasteiger partial charge in [-0.1, -0.05) is 36.4 Å². The van der Waals surface area contributed by atoms with E-state index in [9.17, 15) is 19.8 Å². The fourth-order valence-corrected chi connectivity index (χ4v) is 4.47. The van der Waals surface area contributed by atoms with Gasteiger partial charge in [0, 0.05) is 24.2 Å². The van der Waals surface area contributed by atoms with E-state index in [0.29, 0.717) is 30.5 Å². The number of aliphatic hydroxyl groups is 1. The minimum Gasteiger partial charge on any atom is -0.506 e. The molecule has 0 radical (unpaired) electrons. The molecule has 0 aliphatic rings. The summed E-state index contributed by atoms with van der Waals surface area (Å²) in [4.78, 5) is 23.5. The number of aromatic hydroxyl groups is 1. The van der Waals surface area contributed by atoms with Crippen LogP contribution in [0.15, 0.2) is 60.7 Å². The number of amides is 2. The highest BCUT2D eigenvalue weighted by molar-refractivity contribution is 5.94. The number of phenolic OH excluding ortho intramolecular Hbond substituents is 1. The van der Waals surface area contributed by atoms with Gasteiger partial charge in [0.2, 0.25) is 6.41 Å². The fourth-order valence-electron chi connectivity index (χ4n) is 4.47. The molecule has 7 heteroatoms. The van der Waals surface area contributed by atoms with Gasteiger partial charge in [0.25, 0.3) is 5.91 Å². The molecule has 0 spiro atoms. The highest BCUT2D eigenvalue weighted by atomic mass is 16.3. The quantitative estimate of drug-likeness (QED) is 0.188. The zero-order valence-electron chi connectivity index (χ0n) is 22.0. The maximum Gasteiger partial charge on any atom is 0.251 e. The molecule has 0 fully saturated rings. The molecule has 0 aliphatic carbocycles. The van der Waals surface area contributed by atoms with Gasteiger partial charge in [-0.2, -0.15) is 0 Å². The van der Waals surface area contributed by atoms with Crippen LogP contribution in [-0.2, 0) is 17.6 Å². The third kappa shape index (κ3) is 7.90. The van der Waals surface area contributed by atoms with Crippen molar-refractivity contribution >= 4 is 18.0 Å². The second-order valence-electron chi connectivity index (χ2n) is 10.1. The first kappa shape index (κ1) is 27.9. The molecule has 0 aromatic heterocycles. The van der Waals surface area contributed by atoms with Crippen LogP contribution < -0.4 is 16.0 Å². The van der Waals surface area contributed by atoms with Gasteiger partial charge in [0.1, 0.15) is 5.75 Å². The number of hydrogen-bond donors (Lipinski definition) is 5. The molecule has 5 N–H and O–H groups in total. The van der Waals surface area contributed by atoms with Crippen LogP contribution in [0.1, 0.15) is 58.1 Å². The lowest BCUT2D eigenvalue weighted by atomic mass is 9.93. The average molecular weight is 504 g/mol. The van der Waals surface area contributed by atoms with Gasteiger partial charge < -0.3 is 26.2 Å². The maximum atomic E-state index is 12.8. The molecule has 3 aromatic rings. The Balaban J connectivity index is 1.56. The predicted octanol–water partition coefficient (Wildman–Crippen LogP) is 4.19. The van der Waals surface area contributed by atoms with Crippen molar-refractivity contribution in [2.24, 2.45) is 0 Å². The lowest BCUT2D eigenvalue weighted by molar-refractivity contribution is -0.105. The minimum atomic E-state index is -0.832. The van der Waals surface area contributed by atoms with Crippen LogP contribution in [0.25, 0.3) is 0 Å². The van der Waals surface area contributed by atoms with E-state index in [4.69, 9.17) is 0 Å². The lowest BCUT2D eigenvalue weighted by Gasteiger charge is -2.28. The van der Waals surface area contributed by atoms with Gasteiger partial charge >= 0.3 is 0 Å². The molecule has 7 nitrogen and oxygen atoms in total. The van der Waals surface area contributed by atoms with Crippen molar-refractivity contribution in [1.82, 2.24) is 10.6 Å². The Labute approximate surface area is 218 Å². The van der Waals surface area contributed by atoms with Crippen LogP contribution in [0.2, 0.25) is 0 Å². The molecule has 3 rings (SSSR count). The second-order valence-corrected chi connectivity index (χ2v) is 10.1. The van der Waals surface area contributed by atoms with Crippen LogP contribution in [0.4, 0.5) is 5.69 Å². The molecular weight excluding hydrogens is 466 g/mol. The number of carbonyl (C=O) groups is 2. The monoisotopic (exact) mass is 503 g/mol. The molecular formula is C30H37N3O4. The number of aryl methyl sites for hydroxylation is 2. The number of phenols is 1. The first-order valence-corrected chi connectivity index (χ1v) is 12.5. The largest absolute Gasteiger partial charge is 0.506 e. The van der Waals surface area contributed by atoms with Crippen molar-refractivity contribution < 1.29 is 19.8 Å². The van der Waals surface area contributed by atoms with Crippen LogP contribution in [-0.4, -0.2) is 41.2 Å². The van der Waals surface area contributed by atoms with Crippen molar-refractivity contribution in [3.63, 3.8) is 0 Å². The zero-order chi connectivity index (χ0) is 27.0. The molecule has 37 heavy (non-hydrogen) atoms. The van der Waals surface area contributed by atoms with E-state index < -0.39 is 6.10 Å². The molecule has 0 saturated carbocycles. The Hall–Kier alpha value is -3.68. The number of benzene rings is 3.